The molecule has 0 atom stereocenters. The molecule has 0 aliphatic rings. The van der Waals surface area contributed by atoms with E-state index in [0.717, 1.165) is 5.56 Å². The Bertz CT molecular complexity index is 726. The highest BCUT2D eigenvalue weighted by Crippen LogP contribution is 2.14. The molecule has 0 unspecified atom stereocenters. The molecule has 2 N–H and O–H groups in total. The normalized spacial score (nSPS) is 10.6. The van der Waals surface area contributed by atoms with Crippen LogP contribution in [0.3, 0.4) is 0 Å². The quantitative estimate of drug-likeness (QED) is 0.723. The van der Waals surface area contributed by atoms with Crippen LogP contribution in [0.4, 0.5) is 4.39 Å². The number of aromatic carboxylic acids is 1. The molecule has 0 fully saturated rings. The van der Waals surface area contributed by atoms with E-state index in [1.165, 1.54) is 18.2 Å². The summed E-state index contributed by atoms with van der Waals surface area (Å²) in [6.07, 6.45) is 0.504. The molecule has 2 rings (SSSR count). The third kappa shape index (κ3) is 5.20. The molecular weight excluding hydrogens is 317 g/mol. The van der Waals surface area contributed by atoms with E-state index in [0.29, 0.717) is 18.8 Å². The number of furan rings is 1. The zero-order valence-corrected chi connectivity index (χ0v) is 13.2. The highest BCUT2D eigenvalue weighted by atomic mass is 19.1. The Morgan fingerprint density at radius 2 is 2.12 bits per heavy atom. The van der Waals surface area contributed by atoms with Crippen molar-refractivity contribution in [3.63, 3.8) is 0 Å². The van der Waals surface area contributed by atoms with Crippen LogP contribution in [-0.2, 0) is 22.5 Å². The molecule has 0 aliphatic carbocycles. The summed E-state index contributed by atoms with van der Waals surface area (Å²) in [7, 11) is 0. The molecule has 0 bridgehead atoms. The van der Waals surface area contributed by atoms with Crippen molar-refractivity contribution in [2.24, 2.45) is 0 Å². The molecule has 0 saturated heterocycles. The smallest absolute Gasteiger partial charge is 0.339 e. The zero-order valence-electron chi connectivity index (χ0n) is 13.2. The molecule has 6 nitrogen and oxygen atoms in total. The van der Waals surface area contributed by atoms with E-state index in [2.05, 4.69) is 5.32 Å². The number of nitrogens with one attached hydrogen (secondary N) is 1. The molecule has 1 aromatic heterocycles. The molecular formula is C17H18FNO5. The molecule has 0 saturated carbocycles. The lowest BCUT2D eigenvalue weighted by Crippen LogP contribution is -2.27. The number of hydrogen-bond acceptors (Lipinski definition) is 4. The number of carboxylic acids is 1. The van der Waals surface area contributed by atoms with Crippen molar-refractivity contribution in [2.75, 3.05) is 13.2 Å². The molecule has 0 aliphatic heterocycles. The summed E-state index contributed by atoms with van der Waals surface area (Å²) in [5.74, 6) is -1.08. The maximum Gasteiger partial charge on any atom is 0.339 e. The Morgan fingerprint density at radius 1 is 1.33 bits per heavy atom. The van der Waals surface area contributed by atoms with Gasteiger partial charge in [-0.25, -0.2) is 9.18 Å². The maximum atomic E-state index is 13.0. The third-order valence-electron chi connectivity index (χ3n) is 3.32. The van der Waals surface area contributed by atoms with Crippen LogP contribution in [0.1, 0.15) is 27.4 Å². The molecule has 1 amide bonds. The first kappa shape index (κ1) is 17.7. The summed E-state index contributed by atoms with van der Waals surface area (Å²) in [6, 6.07) is 7.56. The molecule has 1 heterocycles. The second-order valence-electron chi connectivity index (χ2n) is 5.20. The van der Waals surface area contributed by atoms with Gasteiger partial charge >= 0.3 is 5.97 Å². The number of carboxylic acid groups (broad SMARTS) is 1. The standard InChI is InChI=1S/C17H18FNO5/c1-11-15(17(21)22)8-14(24-11)9-19-16(20)10-23-6-5-12-3-2-4-13(18)7-12/h2-4,7-8H,5-6,9-10H2,1H3,(H,19,20)(H,21,22). The zero-order chi connectivity index (χ0) is 17.5. The number of benzene rings is 1. The van der Waals surface area contributed by atoms with Crippen LogP contribution in [0.25, 0.3) is 0 Å². The van der Waals surface area contributed by atoms with Gasteiger partial charge in [-0.15, -0.1) is 0 Å². The van der Waals surface area contributed by atoms with Crippen molar-refractivity contribution in [3.8, 4) is 0 Å². The van der Waals surface area contributed by atoms with Crippen molar-refractivity contribution in [1.29, 1.82) is 0 Å². The summed E-state index contributed by atoms with van der Waals surface area (Å²) in [5, 5.41) is 11.5. The van der Waals surface area contributed by atoms with E-state index in [1.807, 2.05) is 0 Å². The van der Waals surface area contributed by atoms with Crippen molar-refractivity contribution in [2.45, 2.75) is 19.9 Å². The molecule has 7 heteroatoms. The number of hydrogen-bond donors (Lipinski definition) is 2. The Kier molecular flexibility index (Phi) is 6.08. The minimum Gasteiger partial charge on any atom is -0.478 e. The summed E-state index contributed by atoms with van der Waals surface area (Å²) >= 11 is 0. The molecule has 0 spiro atoms. The molecule has 0 radical (unpaired) electrons. The highest BCUT2D eigenvalue weighted by molar-refractivity contribution is 5.88. The van der Waals surface area contributed by atoms with E-state index in [4.69, 9.17) is 14.3 Å². The van der Waals surface area contributed by atoms with Crippen LogP contribution < -0.4 is 5.32 Å². The Morgan fingerprint density at radius 3 is 2.79 bits per heavy atom. The van der Waals surface area contributed by atoms with E-state index in [1.54, 1.807) is 19.1 Å². The first-order valence-corrected chi connectivity index (χ1v) is 7.37. The fourth-order valence-electron chi connectivity index (χ4n) is 2.13. The van der Waals surface area contributed by atoms with Gasteiger partial charge in [-0.3, -0.25) is 4.79 Å². The summed E-state index contributed by atoms with van der Waals surface area (Å²) in [6.45, 7) is 1.78. The van der Waals surface area contributed by atoms with Gasteiger partial charge in [-0.05, 0) is 37.1 Å². The van der Waals surface area contributed by atoms with Crippen molar-refractivity contribution >= 4 is 11.9 Å². The van der Waals surface area contributed by atoms with Gasteiger partial charge < -0.3 is 19.6 Å². The van der Waals surface area contributed by atoms with Gasteiger partial charge in [0.1, 0.15) is 29.5 Å². The predicted molar refractivity (Wildman–Crippen MR) is 83.2 cm³/mol. The molecule has 1 aromatic carbocycles. The molecule has 24 heavy (non-hydrogen) atoms. The van der Waals surface area contributed by atoms with Gasteiger partial charge in [0.25, 0.3) is 0 Å². The fraction of sp³-hybridized carbons (Fsp3) is 0.294. The van der Waals surface area contributed by atoms with Crippen LogP contribution in [0.15, 0.2) is 34.7 Å². The lowest BCUT2D eigenvalue weighted by Gasteiger charge is -2.05. The van der Waals surface area contributed by atoms with Gasteiger partial charge in [0, 0.05) is 0 Å². The van der Waals surface area contributed by atoms with E-state index < -0.39 is 5.97 Å². The van der Waals surface area contributed by atoms with Crippen LogP contribution >= 0.6 is 0 Å². The van der Waals surface area contributed by atoms with Gasteiger partial charge in [0.15, 0.2) is 0 Å². The average molecular weight is 335 g/mol. The minimum absolute atomic E-state index is 0.0746. The van der Waals surface area contributed by atoms with Gasteiger partial charge in [-0.2, -0.15) is 0 Å². The van der Waals surface area contributed by atoms with Crippen LogP contribution in [0, 0.1) is 12.7 Å². The molecule has 128 valence electrons. The van der Waals surface area contributed by atoms with E-state index in [-0.39, 0.29) is 36.2 Å². The number of halogens is 1. The minimum atomic E-state index is -1.07. The lowest BCUT2D eigenvalue weighted by molar-refractivity contribution is -0.125. The first-order chi connectivity index (χ1) is 11.5. The third-order valence-corrected chi connectivity index (χ3v) is 3.32. The van der Waals surface area contributed by atoms with E-state index in [9.17, 15) is 14.0 Å². The fourth-order valence-corrected chi connectivity index (χ4v) is 2.13. The van der Waals surface area contributed by atoms with Crippen LogP contribution in [0.5, 0.6) is 0 Å². The largest absolute Gasteiger partial charge is 0.478 e. The Balaban J connectivity index is 1.68. The van der Waals surface area contributed by atoms with Gasteiger partial charge in [0.05, 0.1) is 13.2 Å². The van der Waals surface area contributed by atoms with E-state index >= 15 is 0 Å². The summed E-state index contributed by atoms with van der Waals surface area (Å²) in [4.78, 5) is 22.5. The van der Waals surface area contributed by atoms with Crippen molar-refractivity contribution < 1.29 is 28.2 Å². The van der Waals surface area contributed by atoms with Crippen molar-refractivity contribution in [1.82, 2.24) is 5.32 Å². The predicted octanol–water partition coefficient (Wildman–Crippen LogP) is 2.30. The number of rotatable bonds is 8. The van der Waals surface area contributed by atoms with Crippen LogP contribution in [-0.4, -0.2) is 30.2 Å². The second-order valence-corrected chi connectivity index (χ2v) is 5.20. The number of aryl methyl sites for hydroxylation is 1. The Labute approximate surface area is 138 Å². The van der Waals surface area contributed by atoms with Crippen molar-refractivity contribution in [3.05, 3.63) is 58.8 Å². The SMILES string of the molecule is Cc1oc(CNC(=O)COCCc2cccc(F)c2)cc1C(=O)O. The van der Waals surface area contributed by atoms with Crippen LogP contribution in [0.2, 0.25) is 0 Å². The number of ether oxygens (including phenoxy) is 1. The first-order valence-electron chi connectivity index (χ1n) is 7.37. The summed E-state index contributed by atoms with van der Waals surface area (Å²) in [5.41, 5.74) is 0.869. The highest BCUT2D eigenvalue weighted by Gasteiger charge is 2.14. The van der Waals surface area contributed by atoms with Gasteiger partial charge in [-0.1, -0.05) is 12.1 Å². The average Bonchev–Trinajstić information content (AvgIpc) is 2.91. The second kappa shape index (κ2) is 8.26. The monoisotopic (exact) mass is 335 g/mol. The Hall–Kier alpha value is -2.67. The maximum absolute atomic E-state index is 13.0. The number of carbonyl (C=O) groups is 2. The summed E-state index contributed by atoms with van der Waals surface area (Å²) < 4.78 is 23.5. The molecule has 2 aromatic rings. The number of carbonyl (C=O) groups excluding carboxylic acids is 1. The number of amides is 1. The topological polar surface area (TPSA) is 88.8 Å². The van der Waals surface area contributed by atoms with Gasteiger partial charge in [0.2, 0.25) is 5.91 Å². The lowest BCUT2D eigenvalue weighted by atomic mass is 10.2.